The summed E-state index contributed by atoms with van der Waals surface area (Å²) < 4.78 is 5.58. The number of nitrogens with zero attached hydrogens (tertiary/aromatic N) is 1. The molecule has 4 nitrogen and oxygen atoms in total. The number of hydrogen-bond acceptors (Lipinski definition) is 3. The van der Waals surface area contributed by atoms with Gasteiger partial charge in [0.25, 0.3) is 0 Å². The second kappa shape index (κ2) is 6.48. The highest BCUT2D eigenvalue weighted by Crippen LogP contribution is 2.51. The topological polar surface area (TPSA) is 49.8 Å². The fourth-order valence-corrected chi connectivity index (χ4v) is 5.95. The van der Waals surface area contributed by atoms with Gasteiger partial charge in [-0.2, -0.15) is 0 Å². The molecule has 1 aromatic rings. The highest BCUT2D eigenvalue weighted by Gasteiger charge is 2.51. The van der Waals surface area contributed by atoms with E-state index in [0.717, 1.165) is 18.8 Å². The van der Waals surface area contributed by atoms with Gasteiger partial charge in [-0.15, -0.1) is 0 Å². The molecule has 5 rings (SSSR count). The van der Waals surface area contributed by atoms with E-state index in [1.807, 2.05) is 6.92 Å². The van der Waals surface area contributed by atoms with Crippen molar-refractivity contribution in [3.05, 3.63) is 29.3 Å². The third-order valence-corrected chi connectivity index (χ3v) is 7.87. The first-order valence-corrected chi connectivity index (χ1v) is 11.1. The van der Waals surface area contributed by atoms with Crippen LogP contribution in [0.1, 0.15) is 81.3 Å². The van der Waals surface area contributed by atoms with E-state index in [9.17, 15) is 9.90 Å². The van der Waals surface area contributed by atoms with E-state index in [4.69, 9.17) is 4.74 Å². The number of ether oxygens (including phenoxy) is 1. The van der Waals surface area contributed by atoms with E-state index in [1.165, 1.54) is 49.7 Å². The Morgan fingerprint density at radius 2 is 1.79 bits per heavy atom. The quantitative estimate of drug-likeness (QED) is 0.847. The molecule has 0 bridgehead atoms. The molecule has 152 valence electrons. The third kappa shape index (κ3) is 3.24. The van der Waals surface area contributed by atoms with E-state index in [1.54, 1.807) is 7.11 Å². The Hall–Kier alpha value is -1.55. The number of amides is 1. The zero-order valence-electron chi connectivity index (χ0n) is 17.2. The molecule has 0 radical (unpaired) electrons. The van der Waals surface area contributed by atoms with Crippen LogP contribution in [0, 0.1) is 11.3 Å². The fraction of sp³-hybridized carbons (Fsp3) is 0.708. The Balaban J connectivity index is 1.17. The molecule has 0 aromatic heterocycles. The second-order valence-corrected chi connectivity index (χ2v) is 10.3. The summed E-state index contributed by atoms with van der Waals surface area (Å²) in [7, 11) is 1.78. The van der Waals surface area contributed by atoms with Crippen LogP contribution in [0.25, 0.3) is 0 Å². The van der Waals surface area contributed by atoms with E-state index in [0.29, 0.717) is 30.1 Å². The number of benzene rings is 1. The zero-order valence-corrected chi connectivity index (χ0v) is 17.2. The van der Waals surface area contributed by atoms with Gasteiger partial charge in [0.05, 0.1) is 12.7 Å². The highest BCUT2D eigenvalue weighted by atomic mass is 16.5. The Morgan fingerprint density at radius 1 is 1.11 bits per heavy atom. The average molecular weight is 384 g/mol. The fourth-order valence-electron chi connectivity index (χ4n) is 5.95. The Labute approximate surface area is 168 Å². The van der Waals surface area contributed by atoms with Crippen molar-refractivity contribution in [2.45, 2.75) is 75.7 Å². The van der Waals surface area contributed by atoms with Gasteiger partial charge in [-0.1, -0.05) is 12.1 Å². The van der Waals surface area contributed by atoms with Crippen molar-refractivity contribution in [1.82, 2.24) is 4.90 Å². The summed E-state index contributed by atoms with van der Waals surface area (Å²) in [5.74, 6) is 2.76. The van der Waals surface area contributed by atoms with E-state index in [2.05, 4.69) is 23.1 Å². The summed E-state index contributed by atoms with van der Waals surface area (Å²) in [6, 6.07) is 6.86. The number of carbonyl (C=O) groups is 1. The number of carbonyl (C=O) groups excluding carboxylic acids is 1. The molecule has 0 unspecified atom stereocenters. The maximum Gasteiger partial charge on any atom is 0.225 e. The Bertz CT molecular complexity index is 758. The van der Waals surface area contributed by atoms with Crippen molar-refractivity contribution in [2.24, 2.45) is 11.3 Å². The third-order valence-electron chi connectivity index (χ3n) is 7.87. The minimum absolute atomic E-state index is 0.0591. The lowest BCUT2D eigenvalue weighted by Crippen LogP contribution is -2.62. The second-order valence-electron chi connectivity index (χ2n) is 10.3. The van der Waals surface area contributed by atoms with Crippen molar-refractivity contribution in [2.75, 3.05) is 20.2 Å². The van der Waals surface area contributed by atoms with Crippen LogP contribution in [-0.2, 0) is 4.79 Å². The van der Waals surface area contributed by atoms with E-state index < -0.39 is 5.60 Å². The maximum absolute atomic E-state index is 12.6. The van der Waals surface area contributed by atoms with Gasteiger partial charge >= 0.3 is 0 Å². The molecule has 1 heterocycles. The van der Waals surface area contributed by atoms with Gasteiger partial charge in [0.15, 0.2) is 0 Å². The lowest BCUT2D eigenvalue weighted by atomic mass is 9.63. The number of rotatable bonds is 4. The molecule has 4 aliphatic rings. The van der Waals surface area contributed by atoms with Crippen molar-refractivity contribution >= 4 is 5.91 Å². The minimum atomic E-state index is -0.612. The first-order valence-electron chi connectivity index (χ1n) is 11.1. The van der Waals surface area contributed by atoms with Crippen LogP contribution in [0.3, 0.4) is 0 Å². The smallest absolute Gasteiger partial charge is 0.225 e. The summed E-state index contributed by atoms with van der Waals surface area (Å²) in [5, 5.41) is 9.90. The first kappa shape index (κ1) is 18.5. The minimum Gasteiger partial charge on any atom is -0.496 e. The molecule has 1 N–H and O–H groups in total. The van der Waals surface area contributed by atoms with Gasteiger partial charge in [-0.3, -0.25) is 4.79 Å². The van der Waals surface area contributed by atoms with Gasteiger partial charge < -0.3 is 14.7 Å². The molecule has 3 saturated carbocycles. The van der Waals surface area contributed by atoms with Gasteiger partial charge in [-0.05, 0) is 87.3 Å². The zero-order chi connectivity index (χ0) is 19.5. The Morgan fingerprint density at radius 3 is 2.36 bits per heavy atom. The van der Waals surface area contributed by atoms with Gasteiger partial charge in [0, 0.05) is 24.4 Å². The van der Waals surface area contributed by atoms with Crippen LogP contribution >= 0.6 is 0 Å². The van der Waals surface area contributed by atoms with Crippen molar-refractivity contribution in [3.63, 3.8) is 0 Å². The molecule has 1 amide bonds. The molecule has 4 fully saturated rings. The molecule has 3 aliphatic carbocycles. The van der Waals surface area contributed by atoms with Crippen LogP contribution in [-0.4, -0.2) is 41.7 Å². The number of likely N-dealkylation sites (tertiary alicyclic amines) is 1. The molecule has 28 heavy (non-hydrogen) atoms. The first-order chi connectivity index (χ1) is 13.4. The molecule has 1 aliphatic heterocycles. The lowest BCUT2D eigenvalue weighted by Gasteiger charge is -2.55. The number of hydrogen-bond donors (Lipinski definition) is 1. The number of methoxy groups -OCH3 is 1. The normalized spacial score (nSPS) is 32.0. The van der Waals surface area contributed by atoms with Crippen LogP contribution in [0.15, 0.2) is 18.2 Å². The summed E-state index contributed by atoms with van der Waals surface area (Å²) in [5.41, 5.74) is 2.65. The van der Waals surface area contributed by atoms with Crippen LogP contribution in [0.4, 0.5) is 0 Å². The van der Waals surface area contributed by atoms with Crippen molar-refractivity contribution in [3.8, 4) is 5.75 Å². The van der Waals surface area contributed by atoms with Crippen molar-refractivity contribution in [1.29, 1.82) is 0 Å². The van der Waals surface area contributed by atoms with Crippen LogP contribution < -0.4 is 4.74 Å². The van der Waals surface area contributed by atoms with Crippen molar-refractivity contribution < 1.29 is 14.6 Å². The van der Waals surface area contributed by atoms with E-state index in [-0.39, 0.29) is 11.8 Å². The predicted molar refractivity (Wildman–Crippen MR) is 109 cm³/mol. The monoisotopic (exact) mass is 383 g/mol. The van der Waals surface area contributed by atoms with Crippen LogP contribution in [0.2, 0.25) is 0 Å². The van der Waals surface area contributed by atoms with E-state index >= 15 is 0 Å². The summed E-state index contributed by atoms with van der Waals surface area (Å²) in [6.07, 6.45) is 8.80. The molecular weight excluding hydrogens is 350 g/mol. The summed E-state index contributed by atoms with van der Waals surface area (Å²) in [4.78, 5) is 14.6. The predicted octanol–water partition coefficient (Wildman–Crippen LogP) is 4.22. The molecule has 1 spiro atoms. The van der Waals surface area contributed by atoms with Gasteiger partial charge in [0.1, 0.15) is 5.75 Å². The molecular formula is C24H33NO3. The van der Waals surface area contributed by atoms with Gasteiger partial charge in [0.2, 0.25) is 5.91 Å². The molecule has 1 saturated heterocycles. The maximum atomic E-state index is 12.6. The molecule has 0 atom stereocenters. The highest BCUT2D eigenvalue weighted by molar-refractivity contribution is 5.81. The summed E-state index contributed by atoms with van der Waals surface area (Å²) >= 11 is 0. The standard InChI is InChI=1S/C24H33NO3/c1-23(27)12-19(13-23)22(26)25-14-24(15-25)9-7-16(8-10-24)18-5-6-21(28-2)20(11-18)17-3-4-17/h5-6,11,16-17,19,27H,3-4,7-10,12-15H2,1-2H3/t19-,23+. The average Bonchev–Trinajstić information content (AvgIpc) is 3.48. The molecule has 4 heteroatoms. The van der Waals surface area contributed by atoms with Crippen LogP contribution in [0.5, 0.6) is 5.75 Å². The largest absolute Gasteiger partial charge is 0.496 e. The molecule has 1 aromatic carbocycles. The SMILES string of the molecule is COc1ccc(C2CCC3(CC2)CN(C(=O)[C@H]2C[C@@](C)(O)C2)C3)cc1C1CC1. The van der Waals surface area contributed by atoms with Gasteiger partial charge in [-0.25, -0.2) is 0 Å². The summed E-state index contributed by atoms with van der Waals surface area (Å²) in [6.45, 7) is 3.71. The lowest BCUT2D eigenvalue weighted by molar-refractivity contribution is -0.163. The number of aliphatic hydroxyl groups is 1. The Kier molecular flexibility index (Phi) is 4.28.